The maximum absolute atomic E-state index is 10.9. The summed E-state index contributed by atoms with van der Waals surface area (Å²) in [5, 5.41) is 7.80. The third-order valence-corrected chi connectivity index (χ3v) is 3.12. The van der Waals surface area contributed by atoms with Crippen LogP contribution in [0.5, 0.6) is 0 Å². The Balaban J connectivity index is 2.42. The molecule has 0 spiro atoms. The summed E-state index contributed by atoms with van der Waals surface area (Å²) in [5.74, 6) is -3.13. The number of carbonyl (C=O) groups is 2. The van der Waals surface area contributed by atoms with Crippen molar-refractivity contribution in [2.75, 3.05) is 25.7 Å². The van der Waals surface area contributed by atoms with E-state index in [1.807, 2.05) is 0 Å². The number of ether oxygens (including phenoxy) is 3. The highest BCUT2D eigenvalue weighted by Crippen LogP contribution is 2.18. The summed E-state index contributed by atoms with van der Waals surface area (Å²) in [7, 11) is 0. The molecule has 18 heavy (non-hydrogen) atoms. The van der Waals surface area contributed by atoms with Gasteiger partial charge in [0.25, 0.3) is 0 Å². The molecule has 0 amide bonds. The van der Waals surface area contributed by atoms with E-state index in [0.717, 1.165) is 0 Å². The zero-order valence-electron chi connectivity index (χ0n) is 9.51. The van der Waals surface area contributed by atoms with Crippen molar-refractivity contribution in [1.82, 2.24) is 0 Å². The van der Waals surface area contributed by atoms with Crippen LogP contribution in [-0.4, -0.2) is 60.3 Å². The van der Waals surface area contributed by atoms with Gasteiger partial charge in [0.2, 0.25) is 0 Å². The Morgan fingerprint density at radius 1 is 1.44 bits per heavy atom. The standard InChI is InChI=1S/C10H14Cl2O6/c11-4-8(18-10(15)9(13)14)7(12)3-6-5-16-1-2-17-6/h6-8H,1-5H2,(H,13,14). The smallest absolute Gasteiger partial charge is 0.417 e. The molecule has 0 aromatic carbocycles. The lowest BCUT2D eigenvalue weighted by Gasteiger charge is -2.27. The first kappa shape index (κ1) is 15.5. The first-order valence-corrected chi connectivity index (χ1v) is 6.35. The van der Waals surface area contributed by atoms with Gasteiger partial charge in [-0.2, -0.15) is 0 Å². The summed E-state index contributed by atoms with van der Waals surface area (Å²) in [6.07, 6.45) is -0.704. The van der Waals surface area contributed by atoms with Gasteiger partial charge in [-0.05, 0) is 6.42 Å². The van der Waals surface area contributed by atoms with E-state index in [9.17, 15) is 9.59 Å². The molecule has 8 heteroatoms. The molecule has 0 bridgehead atoms. The van der Waals surface area contributed by atoms with Crippen molar-refractivity contribution in [2.45, 2.75) is 24.0 Å². The van der Waals surface area contributed by atoms with E-state index in [2.05, 4.69) is 4.74 Å². The fraction of sp³-hybridized carbons (Fsp3) is 0.800. The van der Waals surface area contributed by atoms with Crippen molar-refractivity contribution in [3.8, 4) is 0 Å². The molecule has 1 rings (SSSR count). The third-order valence-electron chi connectivity index (χ3n) is 2.36. The second-order valence-electron chi connectivity index (χ2n) is 3.72. The van der Waals surface area contributed by atoms with E-state index >= 15 is 0 Å². The lowest BCUT2D eigenvalue weighted by atomic mass is 10.1. The molecule has 6 nitrogen and oxygen atoms in total. The molecule has 3 unspecified atom stereocenters. The second-order valence-corrected chi connectivity index (χ2v) is 4.59. The molecule has 0 aromatic heterocycles. The van der Waals surface area contributed by atoms with Crippen LogP contribution in [-0.2, 0) is 23.8 Å². The zero-order valence-corrected chi connectivity index (χ0v) is 11.0. The summed E-state index contributed by atoms with van der Waals surface area (Å²) < 4.78 is 15.2. The van der Waals surface area contributed by atoms with E-state index in [1.165, 1.54) is 0 Å². The third kappa shape index (κ3) is 4.97. The molecule has 0 radical (unpaired) electrons. The quantitative estimate of drug-likeness (QED) is 0.456. The minimum absolute atomic E-state index is 0.0826. The highest BCUT2D eigenvalue weighted by molar-refractivity contribution is 6.29. The lowest BCUT2D eigenvalue weighted by Crippen LogP contribution is -2.37. The van der Waals surface area contributed by atoms with Crippen LogP contribution in [0.15, 0.2) is 0 Å². The summed E-state index contributed by atoms with van der Waals surface area (Å²) in [6, 6.07) is 0. The fourth-order valence-corrected chi connectivity index (χ4v) is 2.17. The molecule has 1 heterocycles. The molecule has 0 aliphatic carbocycles. The van der Waals surface area contributed by atoms with E-state index < -0.39 is 23.4 Å². The monoisotopic (exact) mass is 300 g/mol. The van der Waals surface area contributed by atoms with Gasteiger partial charge in [0, 0.05) is 0 Å². The number of rotatable bonds is 5. The van der Waals surface area contributed by atoms with Crippen LogP contribution in [0.1, 0.15) is 6.42 Å². The molecule has 1 aliphatic heterocycles. The van der Waals surface area contributed by atoms with Gasteiger partial charge in [-0.15, -0.1) is 23.2 Å². The van der Waals surface area contributed by atoms with Crippen LogP contribution < -0.4 is 0 Å². The average Bonchev–Trinajstić information content (AvgIpc) is 2.36. The summed E-state index contributed by atoms with van der Waals surface area (Å²) >= 11 is 11.6. The Labute approximate surface area is 114 Å². The number of hydrogen-bond acceptors (Lipinski definition) is 5. The average molecular weight is 301 g/mol. The first-order valence-electron chi connectivity index (χ1n) is 5.38. The van der Waals surface area contributed by atoms with Gasteiger partial charge in [0.15, 0.2) is 0 Å². The summed E-state index contributed by atoms with van der Waals surface area (Å²) in [6.45, 7) is 1.43. The maximum atomic E-state index is 10.9. The van der Waals surface area contributed by atoms with Crippen molar-refractivity contribution in [2.24, 2.45) is 0 Å². The maximum Gasteiger partial charge on any atom is 0.417 e. The topological polar surface area (TPSA) is 82.1 Å². The number of esters is 1. The van der Waals surface area contributed by atoms with Gasteiger partial charge in [0.1, 0.15) is 6.10 Å². The Morgan fingerprint density at radius 3 is 2.67 bits per heavy atom. The number of hydrogen-bond donors (Lipinski definition) is 1. The van der Waals surface area contributed by atoms with Gasteiger partial charge < -0.3 is 19.3 Å². The molecular weight excluding hydrogens is 287 g/mol. The summed E-state index contributed by atoms with van der Waals surface area (Å²) in [4.78, 5) is 21.3. The number of aliphatic carboxylic acids is 1. The molecule has 0 saturated carbocycles. The minimum atomic E-state index is -1.67. The first-order chi connectivity index (χ1) is 8.54. The lowest BCUT2D eigenvalue weighted by molar-refractivity contribution is -0.167. The number of halogens is 2. The van der Waals surface area contributed by atoms with Crippen molar-refractivity contribution in [1.29, 1.82) is 0 Å². The second kappa shape index (κ2) is 7.78. The number of carboxylic acid groups (broad SMARTS) is 1. The molecule has 0 aromatic rings. The van der Waals surface area contributed by atoms with Crippen LogP contribution in [0.3, 0.4) is 0 Å². The fourth-order valence-electron chi connectivity index (χ4n) is 1.47. The Bertz CT molecular complexity index is 292. The van der Waals surface area contributed by atoms with Crippen LogP contribution in [0, 0.1) is 0 Å². The Hall–Kier alpha value is -0.560. The predicted octanol–water partition coefficient (Wildman–Crippen LogP) is 0.634. The molecule has 1 fully saturated rings. The van der Waals surface area contributed by atoms with Gasteiger partial charge in [-0.25, -0.2) is 9.59 Å². The minimum Gasteiger partial charge on any atom is -0.473 e. The number of carboxylic acids is 1. The predicted molar refractivity (Wildman–Crippen MR) is 63.1 cm³/mol. The molecule has 1 saturated heterocycles. The van der Waals surface area contributed by atoms with Crippen LogP contribution in [0.25, 0.3) is 0 Å². The van der Waals surface area contributed by atoms with Crippen LogP contribution in [0.2, 0.25) is 0 Å². The van der Waals surface area contributed by atoms with Crippen molar-refractivity contribution in [3.05, 3.63) is 0 Å². The Kier molecular flexibility index (Phi) is 6.70. The van der Waals surface area contributed by atoms with Crippen molar-refractivity contribution >= 4 is 35.1 Å². The summed E-state index contributed by atoms with van der Waals surface area (Å²) in [5.41, 5.74) is 0. The number of alkyl halides is 2. The van der Waals surface area contributed by atoms with Gasteiger partial charge in [-0.3, -0.25) is 0 Å². The van der Waals surface area contributed by atoms with Crippen molar-refractivity contribution < 1.29 is 28.9 Å². The highest BCUT2D eigenvalue weighted by atomic mass is 35.5. The van der Waals surface area contributed by atoms with Gasteiger partial charge >= 0.3 is 11.9 Å². The molecule has 1 N–H and O–H groups in total. The normalized spacial score (nSPS) is 23.1. The van der Waals surface area contributed by atoms with E-state index in [1.54, 1.807) is 0 Å². The van der Waals surface area contributed by atoms with E-state index in [-0.39, 0.29) is 12.0 Å². The SMILES string of the molecule is O=C(O)C(=O)OC(CCl)C(Cl)CC1COCCO1. The van der Waals surface area contributed by atoms with Gasteiger partial charge in [0.05, 0.1) is 37.2 Å². The van der Waals surface area contributed by atoms with Crippen LogP contribution >= 0.6 is 23.2 Å². The van der Waals surface area contributed by atoms with Crippen LogP contribution in [0.4, 0.5) is 0 Å². The zero-order chi connectivity index (χ0) is 13.5. The van der Waals surface area contributed by atoms with Crippen molar-refractivity contribution in [3.63, 3.8) is 0 Å². The molecule has 104 valence electrons. The molecule has 3 atom stereocenters. The Morgan fingerprint density at radius 2 is 2.17 bits per heavy atom. The molecule has 1 aliphatic rings. The number of carbonyl (C=O) groups excluding carboxylic acids is 1. The largest absolute Gasteiger partial charge is 0.473 e. The van der Waals surface area contributed by atoms with E-state index in [4.69, 9.17) is 37.8 Å². The van der Waals surface area contributed by atoms with E-state index in [0.29, 0.717) is 26.2 Å². The molecular formula is C10H14Cl2O6. The highest BCUT2D eigenvalue weighted by Gasteiger charge is 2.29. The van der Waals surface area contributed by atoms with Gasteiger partial charge in [-0.1, -0.05) is 0 Å².